The molecule has 0 saturated carbocycles. The Labute approximate surface area is 128 Å². The van der Waals surface area contributed by atoms with Crippen LogP contribution in [-0.4, -0.2) is 43.8 Å². The molecule has 4 nitrogen and oxygen atoms in total. The van der Waals surface area contributed by atoms with Crippen molar-refractivity contribution in [3.05, 3.63) is 23.8 Å². The molecule has 1 N–H and O–H groups in total. The molecule has 0 aliphatic carbocycles. The topological polar surface area (TPSA) is 33.7 Å². The third kappa shape index (κ3) is 4.61. The normalized spacial score (nSPS) is 19.5. The molecule has 1 aromatic carbocycles. The number of para-hydroxylation sites is 1. The molecule has 1 aliphatic heterocycles. The molecule has 0 unspecified atom stereocenters. The van der Waals surface area contributed by atoms with E-state index < -0.39 is 0 Å². The Morgan fingerprint density at radius 1 is 1.29 bits per heavy atom. The van der Waals surface area contributed by atoms with E-state index in [0.717, 1.165) is 50.7 Å². The van der Waals surface area contributed by atoms with Gasteiger partial charge in [0.25, 0.3) is 0 Å². The molecule has 0 spiro atoms. The van der Waals surface area contributed by atoms with E-state index in [9.17, 15) is 0 Å². The summed E-state index contributed by atoms with van der Waals surface area (Å²) < 4.78 is 11.7. The van der Waals surface area contributed by atoms with Crippen molar-refractivity contribution in [1.29, 1.82) is 0 Å². The molecular weight excluding hydrogens is 264 g/mol. The first kappa shape index (κ1) is 16.1. The van der Waals surface area contributed by atoms with E-state index in [-0.39, 0.29) is 0 Å². The van der Waals surface area contributed by atoms with E-state index in [1.807, 2.05) is 13.0 Å². The molecule has 4 heteroatoms. The molecule has 118 valence electrons. The highest BCUT2D eigenvalue weighted by atomic mass is 16.5. The quantitative estimate of drug-likeness (QED) is 0.838. The Morgan fingerprint density at radius 3 is 2.86 bits per heavy atom. The molecule has 0 amide bonds. The summed E-state index contributed by atoms with van der Waals surface area (Å²) in [6, 6.07) is 6.76. The first-order chi connectivity index (χ1) is 10.2. The Balaban J connectivity index is 2.14. The Kier molecular flexibility index (Phi) is 6.33. The van der Waals surface area contributed by atoms with E-state index in [4.69, 9.17) is 9.47 Å². The molecule has 21 heavy (non-hydrogen) atoms. The smallest absolute Gasteiger partial charge is 0.165 e. The van der Waals surface area contributed by atoms with Gasteiger partial charge < -0.3 is 14.8 Å². The van der Waals surface area contributed by atoms with E-state index in [1.165, 1.54) is 5.56 Å². The van der Waals surface area contributed by atoms with Gasteiger partial charge in [-0.2, -0.15) is 0 Å². The second kappa shape index (κ2) is 8.25. The maximum absolute atomic E-state index is 5.97. The zero-order valence-electron chi connectivity index (χ0n) is 13.5. The highest BCUT2D eigenvalue weighted by molar-refractivity contribution is 5.46. The predicted octanol–water partition coefficient (Wildman–Crippen LogP) is 2.67. The van der Waals surface area contributed by atoms with Gasteiger partial charge in [0.1, 0.15) is 0 Å². The van der Waals surface area contributed by atoms with Crippen LogP contribution < -0.4 is 14.8 Å². The van der Waals surface area contributed by atoms with Crippen LogP contribution in [0.2, 0.25) is 0 Å². The summed E-state index contributed by atoms with van der Waals surface area (Å²) in [5, 5.41) is 3.48. The van der Waals surface area contributed by atoms with Crippen molar-refractivity contribution in [2.45, 2.75) is 39.8 Å². The van der Waals surface area contributed by atoms with Gasteiger partial charge in [-0.25, -0.2) is 0 Å². The van der Waals surface area contributed by atoms with Gasteiger partial charge in [0.2, 0.25) is 0 Å². The van der Waals surface area contributed by atoms with Crippen LogP contribution in [0, 0.1) is 0 Å². The summed E-state index contributed by atoms with van der Waals surface area (Å²) in [5.41, 5.74) is 1.23. The van der Waals surface area contributed by atoms with Gasteiger partial charge in [-0.3, -0.25) is 4.90 Å². The largest absolute Gasteiger partial charge is 0.490 e. The van der Waals surface area contributed by atoms with Crippen molar-refractivity contribution < 1.29 is 9.47 Å². The third-order valence-electron chi connectivity index (χ3n) is 3.66. The van der Waals surface area contributed by atoms with Crippen LogP contribution >= 0.6 is 0 Å². The van der Waals surface area contributed by atoms with Crippen LogP contribution in [0.3, 0.4) is 0 Å². The highest BCUT2D eigenvalue weighted by Gasteiger charge is 2.18. The van der Waals surface area contributed by atoms with Gasteiger partial charge in [0.05, 0.1) is 13.2 Å². The predicted molar refractivity (Wildman–Crippen MR) is 86.1 cm³/mol. The maximum Gasteiger partial charge on any atom is 0.165 e. The summed E-state index contributed by atoms with van der Waals surface area (Å²) in [6.45, 7) is 11.9. The maximum atomic E-state index is 5.97. The second-order valence-electron chi connectivity index (χ2n) is 5.62. The number of rotatable bonds is 7. The van der Waals surface area contributed by atoms with Crippen LogP contribution in [0.4, 0.5) is 0 Å². The monoisotopic (exact) mass is 292 g/mol. The molecule has 1 aromatic rings. The van der Waals surface area contributed by atoms with E-state index in [0.29, 0.717) is 12.6 Å². The number of nitrogens with zero attached hydrogens (tertiary/aromatic N) is 1. The fourth-order valence-electron chi connectivity index (χ4n) is 2.72. The number of benzene rings is 1. The number of nitrogens with one attached hydrogen (secondary N) is 1. The van der Waals surface area contributed by atoms with Gasteiger partial charge in [0.15, 0.2) is 11.5 Å². The zero-order chi connectivity index (χ0) is 15.1. The fraction of sp³-hybridized carbons (Fsp3) is 0.647. The first-order valence-corrected chi connectivity index (χ1v) is 8.07. The molecular formula is C17H28N2O2. The van der Waals surface area contributed by atoms with Crippen molar-refractivity contribution in [1.82, 2.24) is 10.2 Å². The number of ether oxygens (including phenoxy) is 2. The summed E-state index contributed by atoms with van der Waals surface area (Å²) in [5.74, 6) is 1.79. The van der Waals surface area contributed by atoms with Crippen molar-refractivity contribution in [3.8, 4) is 11.5 Å². The Morgan fingerprint density at radius 2 is 2.14 bits per heavy atom. The van der Waals surface area contributed by atoms with E-state index >= 15 is 0 Å². The van der Waals surface area contributed by atoms with Gasteiger partial charge >= 0.3 is 0 Å². The van der Waals surface area contributed by atoms with Crippen LogP contribution in [0.15, 0.2) is 18.2 Å². The highest BCUT2D eigenvalue weighted by Crippen LogP contribution is 2.32. The molecule has 1 aliphatic rings. The van der Waals surface area contributed by atoms with Gasteiger partial charge in [-0.1, -0.05) is 19.1 Å². The summed E-state index contributed by atoms with van der Waals surface area (Å²) in [7, 11) is 0. The van der Waals surface area contributed by atoms with Crippen molar-refractivity contribution >= 4 is 0 Å². The molecule has 0 aromatic heterocycles. The lowest BCUT2D eigenvalue weighted by Gasteiger charge is -2.32. The lowest BCUT2D eigenvalue weighted by Crippen LogP contribution is -2.48. The van der Waals surface area contributed by atoms with Gasteiger partial charge in [-0.05, 0) is 26.3 Å². The lowest BCUT2D eigenvalue weighted by atomic mass is 10.1. The van der Waals surface area contributed by atoms with Gasteiger partial charge in [-0.15, -0.1) is 0 Å². The minimum Gasteiger partial charge on any atom is -0.490 e. The summed E-state index contributed by atoms with van der Waals surface area (Å²) in [6.07, 6.45) is 1.00. The summed E-state index contributed by atoms with van der Waals surface area (Å²) >= 11 is 0. The molecule has 1 atom stereocenters. The molecule has 0 radical (unpaired) electrons. The SMILES string of the molecule is CCCOc1c(CN2CCN[C@H](C)C2)cccc1OCC. The van der Waals surface area contributed by atoms with Crippen LogP contribution in [-0.2, 0) is 6.54 Å². The third-order valence-corrected chi connectivity index (χ3v) is 3.66. The molecule has 2 rings (SSSR count). The lowest BCUT2D eigenvalue weighted by molar-refractivity contribution is 0.194. The van der Waals surface area contributed by atoms with Crippen LogP contribution in [0.25, 0.3) is 0 Å². The molecule has 1 saturated heterocycles. The number of hydrogen-bond donors (Lipinski definition) is 1. The zero-order valence-corrected chi connectivity index (χ0v) is 13.5. The van der Waals surface area contributed by atoms with Crippen LogP contribution in [0.1, 0.15) is 32.8 Å². The average Bonchev–Trinajstić information content (AvgIpc) is 2.47. The van der Waals surface area contributed by atoms with Crippen molar-refractivity contribution in [3.63, 3.8) is 0 Å². The molecule has 0 bridgehead atoms. The fourth-order valence-corrected chi connectivity index (χ4v) is 2.72. The summed E-state index contributed by atoms with van der Waals surface area (Å²) in [4.78, 5) is 2.48. The minimum atomic E-state index is 0.550. The standard InChI is InChI=1S/C17H28N2O2/c1-4-11-21-17-15(7-6-8-16(17)20-5-2)13-19-10-9-18-14(3)12-19/h6-8,14,18H,4-5,9-13H2,1-3H3/t14-/m1/s1. The number of hydrogen-bond acceptors (Lipinski definition) is 4. The van der Waals surface area contributed by atoms with Crippen LogP contribution in [0.5, 0.6) is 11.5 Å². The van der Waals surface area contributed by atoms with E-state index in [2.05, 4.69) is 36.2 Å². The van der Waals surface area contributed by atoms with Gasteiger partial charge in [0, 0.05) is 37.8 Å². The second-order valence-corrected chi connectivity index (χ2v) is 5.62. The van der Waals surface area contributed by atoms with E-state index in [1.54, 1.807) is 0 Å². The molecule has 1 fully saturated rings. The first-order valence-electron chi connectivity index (χ1n) is 8.07. The average molecular weight is 292 g/mol. The minimum absolute atomic E-state index is 0.550. The van der Waals surface area contributed by atoms with Crippen molar-refractivity contribution in [2.24, 2.45) is 0 Å². The Bertz CT molecular complexity index is 437. The number of piperazine rings is 1. The Hall–Kier alpha value is -1.26. The molecule has 1 heterocycles. The van der Waals surface area contributed by atoms with Crippen molar-refractivity contribution in [2.75, 3.05) is 32.8 Å².